The van der Waals surface area contributed by atoms with Gasteiger partial charge < -0.3 is 10.2 Å². The maximum Gasteiger partial charge on any atom is 0.264 e. The number of halogens is 2. The van der Waals surface area contributed by atoms with Gasteiger partial charge in [0.05, 0.1) is 10.6 Å². The Morgan fingerprint density at radius 1 is 0.773 bits per heavy atom. The molecule has 0 aliphatic heterocycles. The lowest BCUT2D eigenvalue weighted by molar-refractivity contribution is -0.140. The first-order chi connectivity index (χ1) is 21.1. The Hall–Kier alpha value is -3.85. The number of amides is 2. The Morgan fingerprint density at radius 3 is 1.89 bits per heavy atom. The summed E-state index contributed by atoms with van der Waals surface area (Å²) in [6, 6.07) is 29.5. The zero-order chi connectivity index (χ0) is 31.7. The van der Waals surface area contributed by atoms with Crippen molar-refractivity contribution in [3.63, 3.8) is 0 Å². The molecule has 4 rings (SSSR count). The quantitative estimate of drug-likeness (QED) is 0.173. The van der Waals surface area contributed by atoms with Crippen LogP contribution in [0.4, 0.5) is 5.69 Å². The molecule has 0 saturated heterocycles. The van der Waals surface area contributed by atoms with Gasteiger partial charge in [-0.2, -0.15) is 0 Å². The van der Waals surface area contributed by atoms with Gasteiger partial charge in [-0.1, -0.05) is 90.8 Å². The SMILES string of the molecule is CCC(C)NC(=O)C(Cc1ccccc1)N(Cc1ccc(Cl)cc1)C(=O)CN(c1ccc(Cl)cc1)S(=O)(=O)c1ccccc1. The summed E-state index contributed by atoms with van der Waals surface area (Å²) in [5.74, 6) is -0.871. The Bertz CT molecular complexity index is 1640. The fraction of sp³-hybridized carbons (Fsp3) is 0.235. The molecule has 2 atom stereocenters. The number of carbonyl (C=O) groups excluding carboxylic acids is 2. The van der Waals surface area contributed by atoms with E-state index in [1.807, 2.05) is 44.2 Å². The second-order valence-electron chi connectivity index (χ2n) is 10.5. The summed E-state index contributed by atoms with van der Waals surface area (Å²) in [4.78, 5) is 29.8. The molecular formula is C34H35Cl2N3O4S. The van der Waals surface area contributed by atoms with E-state index < -0.39 is 28.5 Å². The van der Waals surface area contributed by atoms with Crippen LogP contribution in [-0.4, -0.2) is 43.8 Å². The van der Waals surface area contributed by atoms with Gasteiger partial charge in [0, 0.05) is 29.1 Å². The number of benzene rings is 4. The van der Waals surface area contributed by atoms with Crippen molar-refractivity contribution in [2.45, 2.75) is 50.2 Å². The minimum absolute atomic E-state index is 0.0300. The fourth-order valence-electron chi connectivity index (χ4n) is 4.64. The number of anilines is 1. The van der Waals surface area contributed by atoms with Crippen LogP contribution in [0.3, 0.4) is 0 Å². The Labute approximate surface area is 269 Å². The average molecular weight is 653 g/mol. The highest BCUT2D eigenvalue weighted by Gasteiger charge is 2.35. The molecule has 230 valence electrons. The molecule has 1 N–H and O–H groups in total. The van der Waals surface area contributed by atoms with Crippen LogP contribution < -0.4 is 9.62 Å². The zero-order valence-electron chi connectivity index (χ0n) is 24.6. The standard InChI is InChI=1S/C34H35Cl2N3O4S/c1-3-25(2)37-34(41)32(22-26-10-6-4-7-11-26)38(23-27-14-16-28(35)17-15-27)33(40)24-39(30-20-18-29(36)19-21-30)44(42,43)31-12-8-5-9-13-31/h4-21,25,32H,3,22-24H2,1-2H3,(H,37,41). The van der Waals surface area contributed by atoms with Crippen molar-refractivity contribution < 1.29 is 18.0 Å². The Balaban J connectivity index is 1.79. The van der Waals surface area contributed by atoms with Crippen LogP contribution in [0, 0.1) is 0 Å². The lowest BCUT2D eigenvalue weighted by atomic mass is 10.0. The van der Waals surface area contributed by atoms with Gasteiger partial charge in [0.15, 0.2) is 0 Å². The number of hydrogen-bond acceptors (Lipinski definition) is 4. The molecule has 2 unspecified atom stereocenters. The molecule has 0 saturated carbocycles. The van der Waals surface area contributed by atoms with E-state index in [1.165, 1.54) is 17.0 Å². The molecule has 10 heteroatoms. The molecule has 0 aliphatic rings. The summed E-state index contributed by atoms with van der Waals surface area (Å²) < 4.78 is 29.0. The van der Waals surface area contributed by atoms with Crippen LogP contribution in [0.2, 0.25) is 10.0 Å². The lowest BCUT2D eigenvalue weighted by Crippen LogP contribution is -2.54. The van der Waals surface area contributed by atoms with Crippen molar-refractivity contribution in [3.8, 4) is 0 Å². The summed E-state index contributed by atoms with van der Waals surface area (Å²) in [7, 11) is -4.18. The molecule has 0 aliphatic carbocycles. The zero-order valence-corrected chi connectivity index (χ0v) is 26.9. The fourth-order valence-corrected chi connectivity index (χ4v) is 6.32. The summed E-state index contributed by atoms with van der Waals surface area (Å²) in [5, 5.41) is 3.98. The molecule has 4 aromatic rings. The van der Waals surface area contributed by atoms with Crippen molar-refractivity contribution in [2.75, 3.05) is 10.8 Å². The second-order valence-corrected chi connectivity index (χ2v) is 13.2. The van der Waals surface area contributed by atoms with Crippen molar-refractivity contribution in [1.29, 1.82) is 0 Å². The average Bonchev–Trinajstić information content (AvgIpc) is 3.03. The minimum atomic E-state index is -4.18. The van der Waals surface area contributed by atoms with Gasteiger partial charge in [0.1, 0.15) is 12.6 Å². The highest BCUT2D eigenvalue weighted by Crippen LogP contribution is 2.26. The van der Waals surface area contributed by atoms with Crippen LogP contribution >= 0.6 is 23.2 Å². The minimum Gasteiger partial charge on any atom is -0.352 e. The largest absolute Gasteiger partial charge is 0.352 e. The second kappa shape index (κ2) is 15.2. The van der Waals surface area contributed by atoms with Crippen molar-refractivity contribution in [2.24, 2.45) is 0 Å². The van der Waals surface area contributed by atoms with Gasteiger partial charge in [-0.05, 0) is 73.0 Å². The van der Waals surface area contributed by atoms with Crippen molar-refractivity contribution >= 4 is 50.7 Å². The number of nitrogens with zero attached hydrogens (tertiary/aromatic N) is 2. The van der Waals surface area contributed by atoms with Crippen LogP contribution in [0.5, 0.6) is 0 Å². The molecule has 0 aromatic heterocycles. The third-order valence-corrected chi connectivity index (χ3v) is 9.56. The van der Waals surface area contributed by atoms with Crippen LogP contribution in [0.1, 0.15) is 31.4 Å². The van der Waals surface area contributed by atoms with Gasteiger partial charge >= 0.3 is 0 Å². The normalized spacial score (nSPS) is 12.6. The Kier molecular flexibility index (Phi) is 11.4. The van der Waals surface area contributed by atoms with Crippen molar-refractivity contribution in [3.05, 3.63) is 130 Å². The highest BCUT2D eigenvalue weighted by atomic mass is 35.5. The predicted octanol–water partition coefficient (Wildman–Crippen LogP) is 6.74. The number of sulfonamides is 1. The van der Waals surface area contributed by atoms with E-state index >= 15 is 0 Å². The van der Waals surface area contributed by atoms with Gasteiger partial charge in [0.25, 0.3) is 10.0 Å². The lowest BCUT2D eigenvalue weighted by Gasteiger charge is -2.34. The van der Waals surface area contributed by atoms with Crippen LogP contribution in [0.25, 0.3) is 0 Å². The number of hydrogen-bond donors (Lipinski definition) is 1. The number of carbonyl (C=O) groups is 2. The predicted molar refractivity (Wildman–Crippen MR) is 176 cm³/mol. The first-order valence-electron chi connectivity index (χ1n) is 14.3. The molecule has 44 heavy (non-hydrogen) atoms. The molecule has 2 amide bonds. The molecule has 0 spiro atoms. The third kappa shape index (κ3) is 8.62. The first-order valence-corrected chi connectivity index (χ1v) is 16.5. The summed E-state index contributed by atoms with van der Waals surface area (Å²) in [6.45, 7) is 3.37. The van der Waals surface area contributed by atoms with E-state index in [0.717, 1.165) is 15.4 Å². The van der Waals surface area contributed by atoms with E-state index in [2.05, 4.69) is 5.32 Å². The van der Waals surface area contributed by atoms with Gasteiger partial charge in [-0.3, -0.25) is 13.9 Å². The summed E-state index contributed by atoms with van der Waals surface area (Å²) in [6.07, 6.45) is 0.934. The summed E-state index contributed by atoms with van der Waals surface area (Å²) >= 11 is 12.2. The van der Waals surface area contributed by atoms with Gasteiger partial charge in [-0.25, -0.2) is 8.42 Å². The maximum atomic E-state index is 14.4. The summed E-state index contributed by atoms with van der Waals surface area (Å²) in [5.41, 5.74) is 1.86. The van der Waals surface area contributed by atoms with Crippen molar-refractivity contribution in [1.82, 2.24) is 10.2 Å². The van der Waals surface area contributed by atoms with Crippen LogP contribution in [-0.2, 0) is 32.6 Å². The highest BCUT2D eigenvalue weighted by molar-refractivity contribution is 7.92. The van der Waals surface area contributed by atoms with E-state index in [-0.39, 0.29) is 35.5 Å². The number of nitrogens with one attached hydrogen (secondary N) is 1. The van der Waals surface area contributed by atoms with E-state index in [1.54, 1.807) is 66.7 Å². The van der Waals surface area contributed by atoms with Gasteiger partial charge in [-0.15, -0.1) is 0 Å². The van der Waals surface area contributed by atoms with Crippen LogP contribution in [0.15, 0.2) is 114 Å². The maximum absolute atomic E-state index is 14.4. The first kappa shape index (κ1) is 33.1. The van der Waals surface area contributed by atoms with E-state index in [9.17, 15) is 18.0 Å². The van der Waals surface area contributed by atoms with E-state index in [4.69, 9.17) is 23.2 Å². The smallest absolute Gasteiger partial charge is 0.264 e. The monoisotopic (exact) mass is 651 g/mol. The van der Waals surface area contributed by atoms with E-state index in [0.29, 0.717) is 16.5 Å². The molecular weight excluding hydrogens is 617 g/mol. The van der Waals surface area contributed by atoms with Gasteiger partial charge in [0.2, 0.25) is 11.8 Å². The molecule has 0 heterocycles. The molecule has 0 radical (unpaired) electrons. The topological polar surface area (TPSA) is 86.8 Å². The molecule has 7 nitrogen and oxygen atoms in total. The molecule has 0 bridgehead atoms. The number of rotatable bonds is 13. The Morgan fingerprint density at radius 2 is 1.32 bits per heavy atom. The molecule has 4 aromatic carbocycles. The third-order valence-electron chi connectivity index (χ3n) is 7.26. The molecule has 0 fully saturated rings.